The standard InChI is InChI=1S/C26H35N9O3/c36-23(9-12-34-10-1-2-11-34)30-19-7-3-17(4-8-19)28-21-14-22(29-18-5-6-18)35-24(32-21)16(15-27-35)13-20-25(37)33-26(38)31-20/h13-15,17-19,28,37H,1-12H2,(H,30,36)(H2,31,33,38)/b16-13+,29-22?. The van der Waals surface area contributed by atoms with Gasteiger partial charge in [-0.2, -0.15) is 9.61 Å². The lowest BCUT2D eigenvalue weighted by molar-refractivity contribution is -0.122. The topological polar surface area (TPSA) is 156 Å². The maximum absolute atomic E-state index is 12.4. The van der Waals surface area contributed by atoms with Gasteiger partial charge in [-0.15, -0.1) is 0 Å². The van der Waals surface area contributed by atoms with Crippen LogP contribution in [0.4, 0.5) is 5.82 Å². The fourth-order valence-electron chi connectivity index (χ4n) is 5.43. The summed E-state index contributed by atoms with van der Waals surface area (Å²) < 4.78 is 1.70. The zero-order chi connectivity index (χ0) is 26.1. The molecule has 38 heavy (non-hydrogen) atoms. The molecule has 0 bridgehead atoms. The molecule has 2 saturated carbocycles. The van der Waals surface area contributed by atoms with Crippen molar-refractivity contribution >= 4 is 23.4 Å². The van der Waals surface area contributed by atoms with Crippen molar-refractivity contribution in [2.75, 3.05) is 25.0 Å². The van der Waals surface area contributed by atoms with E-state index in [4.69, 9.17) is 9.98 Å². The Morgan fingerprint density at radius 2 is 1.89 bits per heavy atom. The maximum atomic E-state index is 12.4. The first-order chi connectivity index (χ1) is 18.5. The predicted octanol–water partition coefficient (Wildman–Crippen LogP) is 0.387. The molecule has 3 aromatic heterocycles. The molecule has 6 rings (SSSR count). The Kier molecular flexibility index (Phi) is 6.88. The monoisotopic (exact) mass is 521 g/mol. The lowest BCUT2D eigenvalue weighted by Gasteiger charge is -2.30. The molecule has 3 fully saturated rings. The highest BCUT2D eigenvalue weighted by atomic mass is 16.3. The fourth-order valence-corrected chi connectivity index (χ4v) is 5.43. The fraction of sp³-hybridized carbons (Fsp3) is 0.577. The second-order valence-electron chi connectivity index (χ2n) is 10.7. The Labute approximate surface area is 219 Å². The number of hydrogen-bond donors (Lipinski definition) is 5. The summed E-state index contributed by atoms with van der Waals surface area (Å²) in [6.45, 7) is 3.10. The van der Waals surface area contributed by atoms with Crippen LogP contribution < -0.4 is 27.0 Å². The molecule has 3 aromatic rings. The van der Waals surface area contributed by atoms with Gasteiger partial charge < -0.3 is 25.6 Å². The third-order valence-electron chi connectivity index (χ3n) is 7.68. The van der Waals surface area contributed by atoms with Gasteiger partial charge in [0.15, 0.2) is 11.1 Å². The largest absolute Gasteiger partial charge is 0.493 e. The Hall–Kier alpha value is -3.67. The van der Waals surface area contributed by atoms with E-state index in [2.05, 4.69) is 30.6 Å². The number of fused-ring (bicyclic) bond motifs is 1. The minimum Gasteiger partial charge on any atom is -0.493 e. The number of aromatic hydroxyl groups is 1. The van der Waals surface area contributed by atoms with E-state index in [1.54, 1.807) is 16.8 Å². The van der Waals surface area contributed by atoms with Crippen LogP contribution >= 0.6 is 0 Å². The summed E-state index contributed by atoms with van der Waals surface area (Å²) in [4.78, 5) is 40.9. The van der Waals surface area contributed by atoms with Crippen LogP contribution in [0.1, 0.15) is 63.5 Å². The molecule has 4 heterocycles. The molecule has 2 aliphatic carbocycles. The minimum atomic E-state index is -0.483. The van der Waals surface area contributed by atoms with Gasteiger partial charge in [-0.05, 0) is 70.5 Å². The van der Waals surface area contributed by atoms with Crippen LogP contribution in [-0.4, -0.2) is 78.2 Å². The number of rotatable bonds is 8. The number of carbonyl (C=O) groups excluding carboxylic acids is 1. The van der Waals surface area contributed by atoms with E-state index in [0.717, 1.165) is 69.5 Å². The van der Waals surface area contributed by atoms with Crippen molar-refractivity contribution in [3.05, 3.63) is 39.1 Å². The van der Waals surface area contributed by atoms with Gasteiger partial charge in [0.1, 0.15) is 11.5 Å². The number of likely N-dealkylation sites (tertiary alicyclic amines) is 1. The number of aromatic nitrogens is 5. The summed E-state index contributed by atoms with van der Waals surface area (Å²) in [5, 5.41) is 21.9. The van der Waals surface area contributed by atoms with Crippen LogP contribution in [0, 0.1) is 0 Å². The Morgan fingerprint density at radius 1 is 1.13 bits per heavy atom. The number of imidazole rings is 1. The third-order valence-corrected chi connectivity index (χ3v) is 7.68. The number of hydrogen-bond acceptors (Lipinski definition) is 8. The van der Waals surface area contributed by atoms with Crippen LogP contribution in [0.2, 0.25) is 0 Å². The molecule has 202 valence electrons. The second-order valence-corrected chi connectivity index (χ2v) is 10.7. The molecule has 0 atom stereocenters. The summed E-state index contributed by atoms with van der Waals surface area (Å²) in [5.41, 5.74) is 1.11. The second kappa shape index (κ2) is 10.6. The molecule has 0 unspecified atom stereocenters. The number of nitrogens with one attached hydrogen (secondary N) is 4. The number of amides is 1. The van der Waals surface area contributed by atoms with Crippen molar-refractivity contribution in [1.82, 2.24) is 34.8 Å². The summed E-state index contributed by atoms with van der Waals surface area (Å²) in [5.74, 6) is 0.648. The molecule has 0 aromatic carbocycles. The van der Waals surface area contributed by atoms with Crippen LogP contribution in [0.5, 0.6) is 5.88 Å². The Bertz CT molecular complexity index is 1470. The van der Waals surface area contributed by atoms with Crippen molar-refractivity contribution in [1.29, 1.82) is 0 Å². The first kappa shape index (κ1) is 24.7. The zero-order valence-corrected chi connectivity index (χ0v) is 21.4. The molecule has 0 radical (unpaired) electrons. The summed E-state index contributed by atoms with van der Waals surface area (Å²) in [7, 11) is 0. The Balaban J connectivity index is 1.14. The highest BCUT2D eigenvalue weighted by Gasteiger charge is 2.24. The van der Waals surface area contributed by atoms with Crippen molar-refractivity contribution in [2.24, 2.45) is 4.99 Å². The van der Waals surface area contributed by atoms with Gasteiger partial charge in [-0.25, -0.2) is 9.78 Å². The van der Waals surface area contributed by atoms with Crippen molar-refractivity contribution in [3.8, 4) is 5.88 Å². The molecule has 0 spiro atoms. The van der Waals surface area contributed by atoms with Crippen molar-refractivity contribution in [3.63, 3.8) is 0 Å². The van der Waals surface area contributed by atoms with E-state index >= 15 is 0 Å². The normalized spacial score (nSPS) is 23.4. The van der Waals surface area contributed by atoms with Crippen molar-refractivity contribution < 1.29 is 9.90 Å². The zero-order valence-electron chi connectivity index (χ0n) is 21.4. The van der Waals surface area contributed by atoms with Gasteiger partial charge in [-0.1, -0.05) is 0 Å². The lowest BCUT2D eigenvalue weighted by atomic mass is 9.91. The molecule has 1 aliphatic heterocycles. The van der Waals surface area contributed by atoms with E-state index < -0.39 is 5.69 Å². The van der Waals surface area contributed by atoms with Gasteiger partial charge in [0.05, 0.1) is 12.2 Å². The molecule has 1 saturated heterocycles. The number of carbonyl (C=O) groups is 1. The predicted molar refractivity (Wildman–Crippen MR) is 142 cm³/mol. The van der Waals surface area contributed by atoms with E-state index in [-0.39, 0.29) is 29.6 Å². The van der Waals surface area contributed by atoms with E-state index in [9.17, 15) is 14.7 Å². The lowest BCUT2D eigenvalue weighted by Crippen LogP contribution is -2.41. The van der Waals surface area contributed by atoms with Crippen LogP contribution in [0.15, 0.2) is 22.1 Å². The van der Waals surface area contributed by atoms with Gasteiger partial charge in [0.25, 0.3) is 0 Å². The van der Waals surface area contributed by atoms with Gasteiger partial charge >= 0.3 is 5.69 Å². The van der Waals surface area contributed by atoms with Crippen molar-refractivity contribution in [2.45, 2.75) is 75.9 Å². The van der Waals surface area contributed by atoms with Crippen LogP contribution in [0.3, 0.4) is 0 Å². The molecule has 12 heteroatoms. The minimum absolute atomic E-state index is 0.158. The maximum Gasteiger partial charge on any atom is 0.326 e. The van der Waals surface area contributed by atoms with E-state index in [1.807, 2.05) is 6.07 Å². The SMILES string of the molecule is O=C(CCN1CCCC1)NC1CCC(Nc2cc(=NC3CC3)n3nc/c(=C\c4[nH]c(=O)[nH]c4O)c3n2)CC1. The van der Waals surface area contributed by atoms with E-state index in [1.165, 1.54) is 12.8 Å². The quantitative estimate of drug-likeness (QED) is 0.287. The number of anilines is 1. The number of aromatic amines is 2. The first-order valence-corrected chi connectivity index (χ1v) is 13.7. The average molecular weight is 522 g/mol. The summed E-state index contributed by atoms with van der Waals surface area (Å²) >= 11 is 0. The Morgan fingerprint density at radius 3 is 2.61 bits per heavy atom. The highest BCUT2D eigenvalue weighted by Crippen LogP contribution is 2.23. The van der Waals surface area contributed by atoms with E-state index in [0.29, 0.717) is 23.3 Å². The molecular formula is C26H35N9O3. The summed E-state index contributed by atoms with van der Waals surface area (Å²) in [6, 6.07) is 2.71. The van der Waals surface area contributed by atoms with Crippen LogP contribution in [-0.2, 0) is 4.79 Å². The average Bonchev–Trinajstić information content (AvgIpc) is 3.24. The highest BCUT2D eigenvalue weighted by molar-refractivity contribution is 5.76. The smallest absolute Gasteiger partial charge is 0.326 e. The molecular weight excluding hydrogens is 486 g/mol. The first-order valence-electron chi connectivity index (χ1n) is 13.7. The van der Waals surface area contributed by atoms with Gasteiger partial charge in [0.2, 0.25) is 11.8 Å². The molecule has 3 aliphatic rings. The van der Waals surface area contributed by atoms with Gasteiger partial charge in [0, 0.05) is 36.3 Å². The number of nitrogens with zero attached hydrogens (tertiary/aromatic N) is 5. The van der Waals surface area contributed by atoms with Gasteiger partial charge in [-0.3, -0.25) is 14.8 Å². The molecule has 1 amide bonds. The summed E-state index contributed by atoms with van der Waals surface area (Å²) in [6.07, 6.45) is 12.2. The number of H-pyrrole nitrogens is 2. The molecule has 12 nitrogen and oxygen atoms in total. The van der Waals surface area contributed by atoms with Crippen LogP contribution in [0.25, 0.3) is 11.7 Å². The third kappa shape index (κ3) is 5.74. The molecule has 5 N–H and O–H groups in total.